The van der Waals surface area contributed by atoms with Crippen molar-refractivity contribution < 1.29 is 38.9 Å². The van der Waals surface area contributed by atoms with Gasteiger partial charge in [-0.15, -0.1) is 0 Å². The third kappa shape index (κ3) is 7.95. The summed E-state index contributed by atoms with van der Waals surface area (Å²) in [6, 6.07) is -1.86. The van der Waals surface area contributed by atoms with Crippen molar-refractivity contribution in [3.63, 3.8) is 0 Å². The van der Waals surface area contributed by atoms with Gasteiger partial charge in [-0.2, -0.15) is 0 Å². The molecule has 4 atom stereocenters. The van der Waals surface area contributed by atoms with Crippen LogP contribution in [0.3, 0.4) is 0 Å². The summed E-state index contributed by atoms with van der Waals surface area (Å²) in [6.07, 6.45) is -0.0929. The number of carbonyl (C=O) groups excluding carboxylic acids is 2. The first-order chi connectivity index (χ1) is 13.7. The molecular weight excluding hydrogens is 386 g/mol. The summed E-state index contributed by atoms with van der Waals surface area (Å²) in [7, 11) is 1.43. The van der Waals surface area contributed by atoms with Gasteiger partial charge >= 0.3 is 11.9 Å². The zero-order chi connectivity index (χ0) is 22.0. The number of hydrogen-bond acceptors (Lipinski definition) is 7. The largest absolute Gasteiger partial charge is 0.481 e. The molecule has 29 heavy (non-hydrogen) atoms. The predicted molar refractivity (Wildman–Crippen MR) is 101 cm³/mol. The fourth-order valence-corrected chi connectivity index (χ4v) is 3.16. The fourth-order valence-electron chi connectivity index (χ4n) is 3.16. The smallest absolute Gasteiger partial charge is 0.309 e. The first-order valence-electron chi connectivity index (χ1n) is 9.56. The van der Waals surface area contributed by atoms with Gasteiger partial charge in [-0.05, 0) is 19.8 Å². The van der Waals surface area contributed by atoms with Crippen LogP contribution in [0.5, 0.6) is 0 Å². The van der Waals surface area contributed by atoms with Crippen LogP contribution in [0.1, 0.15) is 26.2 Å². The van der Waals surface area contributed by atoms with E-state index in [0.717, 1.165) is 0 Å². The Balaban J connectivity index is 3.01. The molecule has 1 rings (SSSR count). The fraction of sp³-hybridized carbons (Fsp3) is 0.778. The summed E-state index contributed by atoms with van der Waals surface area (Å²) in [5.74, 6) is -6.14. The quantitative estimate of drug-likeness (QED) is 0.435. The minimum atomic E-state index is -1.36. The lowest BCUT2D eigenvalue weighted by atomic mass is 9.82. The van der Waals surface area contributed by atoms with Gasteiger partial charge in [0.2, 0.25) is 11.8 Å². The SMILES string of the molecule is CC1C(C(=O)O)C(C(=O)O)CCC(N)C(=O)NCCOCCOCCC(=O)N1C. The minimum absolute atomic E-state index is 0.00828. The highest BCUT2D eigenvalue weighted by molar-refractivity contribution is 5.83. The van der Waals surface area contributed by atoms with Crippen LogP contribution in [0.2, 0.25) is 0 Å². The molecule has 166 valence electrons. The van der Waals surface area contributed by atoms with E-state index in [2.05, 4.69) is 5.32 Å². The molecule has 0 aliphatic carbocycles. The van der Waals surface area contributed by atoms with Crippen LogP contribution < -0.4 is 11.1 Å². The van der Waals surface area contributed by atoms with E-state index in [1.807, 2.05) is 0 Å². The highest BCUT2D eigenvalue weighted by atomic mass is 16.5. The number of carbonyl (C=O) groups is 4. The molecule has 0 saturated carbocycles. The molecule has 11 nitrogen and oxygen atoms in total. The van der Waals surface area contributed by atoms with Gasteiger partial charge in [0.05, 0.1) is 50.7 Å². The maximum Gasteiger partial charge on any atom is 0.309 e. The lowest BCUT2D eigenvalue weighted by molar-refractivity contribution is -0.158. The highest BCUT2D eigenvalue weighted by Crippen LogP contribution is 2.26. The van der Waals surface area contributed by atoms with Gasteiger partial charge in [0.1, 0.15) is 0 Å². The summed E-state index contributed by atoms with van der Waals surface area (Å²) in [5, 5.41) is 21.8. The Morgan fingerprint density at radius 1 is 1.07 bits per heavy atom. The van der Waals surface area contributed by atoms with Gasteiger partial charge in [-0.3, -0.25) is 19.2 Å². The van der Waals surface area contributed by atoms with Crippen molar-refractivity contribution in [3.05, 3.63) is 0 Å². The summed E-state index contributed by atoms with van der Waals surface area (Å²) < 4.78 is 10.6. The number of amides is 2. The molecular formula is C18H31N3O8. The molecule has 4 unspecified atom stereocenters. The first-order valence-corrected chi connectivity index (χ1v) is 9.56. The van der Waals surface area contributed by atoms with Crippen molar-refractivity contribution in [1.29, 1.82) is 0 Å². The van der Waals surface area contributed by atoms with Gasteiger partial charge in [-0.1, -0.05) is 0 Å². The summed E-state index contributed by atoms with van der Waals surface area (Å²) in [6.45, 7) is 2.66. The average Bonchev–Trinajstić information content (AvgIpc) is 2.66. The van der Waals surface area contributed by atoms with Gasteiger partial charge in [0.15, 0.2) is 0 Å². The number of rotatable bonds is 2. The van der Waals surface area contributed by atoms with E-state index >= 15 is 0 Å². The van der Waals surface area contributed by atoms with E-state index in [4.69, 9.17) is 15.2 Å². The van der Waals surface area contributed by atoms with Gasteiger partial charge < -0.3 is 35.6 Å². The predicted octanol–water partition coefficient (Wildman–Crippen LogP) is -1.10. The second kappa shape index (κ2) is 12.3. The van der Waals surface area contributed by atoms with Crippen LogP contribution in [0.15, 0.2) is 0 Å². The molecule has 1 aliphatic rings. The van der Waals surface area contributed by atoms with Crippen molar-refractivity contribution in [2.75, 3.05) is 40.0 Å². The standard InChI is InChI=1S/C18H31N3O8/c1-11-15(18(26)27)12(17(24)25)3-4-13(19)16(23)20-6-8-29-10-9-28-7-5-14(22)21(11)2/h11-13,15H,3-10,19H2,1-2H3,(H,20,23)(H,24,25)(H,26,27). The number of hydrogen-bond donors (Lipinski definition) is 4. The van der Waals surface area contributed by atoms with Crippen molar-refractivity contribution in [1.82, 2.24) is 10.2 Å². The van der Waals surface area contributed by atoms with Crippen LogP contribution >= 0.6 is 0 Å². The molecule has 0 spiro atoms. The molecule has 0 aromatic rings. The third-order valence-electron chi connectivity index (χ3n) is 5.06. The summed E-state index contributed by atoms with van der Waals surface area (Å²) in [5.41, 5.74) is 5.82. The molecule has 0 aromatic carbocycles. The lowest BCUT2D eigenvalue weighted by Gasteiger charge is -2.33. The summed E-state index contributed by atoms with van der Waals surface area (Å²) >= 11 is 0. The molecule has 0 bridgehead atoms. The molecule has 0 radical (unpaired) electrons. The number of ether oxygens (including phenoxy) is 2. The Morgan fingerprint density at radius 3 is 2.28 bits per heavy atom. The molecule has 1 aliphatic heterocycles. The number of nitrogens with one attached hydrogen (secondary N) is 1. The van der Waals surface area contributed by atoms with E-state index in [1.54, 1.807) is 0 Å². The Bertz CT molecular complexity index is 585. The van der Waals surface area contributed by atoms with Crippen molar-refractivity contribution in [2.45, 2.75) is 38.3 Å². The molecule has 1 saturated heterocycles. The van der Waals surface area contributed by atoms with Gasteiger partial charge in [-0.25, -0.2) is 0 Å². The van der Waals surface area contributed by atoms with Gasteiger partial charge in [0.25, 0.3) is 0 Å². The Hall–Kier alpha value is -2.24. The number of carboxylic acids is 2. The molecule has 2 amide bonds. The molecule has 1 fully saturated rings. The highest BCUT2D eigenvalue weighted by Gasteiger charge is 2.40. The molecule has 5 N–H and O–H groups in total. The van der Waals surface area contributed by atoms with E-state index in [0.29, 0.717) is 6.61 Å². The zero-order valence-electron chi connectivity index (χ0n) is 16.8. The van der Waals surface area contributed by atoms with Crippen LogP contribution in [-0.4, -0.2) is 91.0 Å². The number of aliphatic carboxylic acids is 2. The summed E-state index contributed by atoms with van der Waals surface area (Å²) in [4.78, 5) is 49.2. The van der Waals surface area contributed by atoms with Crippen molar-refractivity contribution in [3.8, 4) is 0 Å². The van der Waals surface area contributed by atoms with Crippen LogP contribution in [-0.2, 0) is 28.7 Å². The molecule has 0 aromatic heterocycles. The Morgan fingerprint density at radius 2 is 1.69 bits per heavy atom. The van der Waals surface area contributed by atoms with E-state index in [-0.39, 0.29) is 51.5 Å². The maximum atomic E-state index is 12.4. The first kappa shape index (κ1) is 24.8. The molecule has 11 heteroatoms. The Kier molecular flexibility index (Phi) is 10.6. The van der Waals surface area contributed by atoms with Crippen LogP contribution in [0.25, 0.3) is 0 Å². The van der Waals surface area contributed by atoms with E-state index < -0.39 is 41.8 Å². The van der Waals surface area contributed by atoms with Gasteiger partial charge in [0, 0.05) is 19.6 Å². The van der Waals surface area contributed by atoms with E-state index in [1.165, 1.54) is 18.9 Å². The number of nitrogens with zero attached hydrogens (tertiary/aromatic N) is 1. The average molecular weight is 417 g/mol. The van der Waals surface area contributed by atoms with Crippen molar-refractivity contribution >= 4 is 23.8 Å². The topological polar surface area (TPSA) is 168 Å². The van der Waals surface area contributed by atoms with Crippen molar-refractivity contribution in [2.24, 2.45) is 17.6 Å². The Labute approximate surface area is 169 Å². The van der Waals surface area contributed by atoms with E-state index in [9.17, 15) is 29.4 Å². The molecule has 1 heterocycles. The second-order valence-corrected chi connectivity index (χ2v) is 7.00. The third-order valence-corrected chi connectivity index (χ3v) is 5.06. The minimum Gasteiger partial charge on any atom is -0.481 e. The van der Waals surface area contributed by atoms with Crippen LogP contribution in [0.4, 0.5) is 0 Å². The number of carboxylic acid groups (broad SMARTS) is 2. The maximum absolute atomic E-state index is 12.4. The normalized spacial score (nSPS) is 29.4. The second-order valence-electron chi connectivity index (χ2n) is 7.00. The number of nitrogens with two attached hydrogens (primary N) is 1. The lowest BCUT2D eigenvalue weighted by Crippen LogP contribution is -2.48. The monoisotopic (exact) mass is 417 g/mol. The van der Waals surface area contributed by atoms with Crippen LogP contribution in [0, 0.1) is 11.8 Å². The zero-order valence-corrected chi connectivity index (χ0v) is 16.8.